The van der Waals surface area contributed by atoms with Gasteiger partial charge in [0.25, 0.3) is 0 Å². The molecule has 0 spiro atoms. The van der Waals surface area contributed by atoms with E-state index in [1.807, 2.05) is 12.1 Å². The molecule has 5 heteroatoms. The summed E-state index contributed by atoms with van der Waals surface area (Å²) in [7, 11) is 0. The van der Waals surface area contributed by atoms with Gasteiger partial charge < -0.3 is 10.1 Å². The summed E-state index contributed by atoms with van der Waals surface area (Å²) in [5, 5.41) is 8.87. The lowest BCUT2D eigenvalue weighted by atomic mass is 10.1. The molecule has 0 saturated heterocycles. The molecule has 0 aliphatic carbocycles. The third-order valence-electron chi connectivity index (χ3n) is 2.95. The van der Waals surface area contributed by atoms with Crippen molar-refractivity contribution in [3.63, 3.8) is 0 Å². The highest BCUT2D eigenvalue weighted by Crippen LogP contribution is 2.21. The first-order valence-electron chi connectivity index (χ1n) is 6.03. The van der Waals surface area contributed by atoms with E-state index in [9.17, 15) is 4.79 Å². The smallest absolute Gasteiger partial charge is 0.335 e. The molecular weight excluding hydrogens is 254 g/mol. The predicted molar refractivity (Wildman–Crippen MR) is 74.2 cm³/mol. The number of hydrogen-bond donors (Lipinski definition) is 2. The SMILES string of the molecule is O=C(O)c1ccc(-c2ncc(-c3cccnc3)[nH]2)cc1. The predicted octanol–water partition coefficient (Wildman–Crippen LogP) is 2.84. The summed E-state index contributed by atoms with van der Waals surface area (Å²) in [6.07, 6.45) is 5.20. The molecule has 5 nitrogen and oxygen atoms in total. The number of hydrogen-bond acceptors (Lipinski definition) is 3. The molecule has 0 saturated carbocycles. The Morgan fingerprint density at radius 1 is 1.05 bits per heavy atom. The first-order chi connectivity index (χ1) is 9.74. The Labute approximate surface area is 115 Å². The molecule has 2 heterocycles. The molecule has 0 bridgehead atoms. The molecule has 3 aromatic rings. The summed E-state index contributed by atoms with van der Waals surface area (Å²) in [4.78, 5) is 22.4. The minimum Gasteiger partial charge on any atom is -0.478 e. The highest BCUT2D eigenvalue weighted by atomic mass is 16.4. The quantitative estimate of drug-likeness (QED) is 0.763. The molecule has 0 aliphatic heterocycles. The van der Waals surface area contributed by atoms with Gasteiger partial charge in [0.05, 0.1) is 17.5 Å². The molecule has 0 fully saturated rings. The Balaban J connectivity index is 1.92. The molecular formula is C15H11N3O2. The molecule has 0 atom stereocenters. The average Bonchev–Trinajstić information content (AvgIpc) is 2.98. The van der Waals surface area contributed by atoms with Crippen LogP contribution in [0.3, 0.4) is 0 Å². The lowest BCUT2D eigenvalue weighted by Gasteiger charge is -1.99. The van der Waals surface area contributed by atoms with Crippen molar-refractivity contribution in [1.29, 1.82) is 0 Å². The standard InChI is InChI=1S/C15H11N3O2/c19-15(20)11-5-3-10(4-6-11)14-17-9-13(18-14)12-2-1-7-16-8-12/h1-9H,(H,17,18)(H,19,20). The fraction of sp³-hybridized carbons (Fsp3) is 0. The molecule has 0 aliphatic rings. The summed E-state index contributed by atoms with van der Waals surface area (Å²) in [5.74, 6) is -0.243. The van der Waals surface area contributed by atoms with Gasteiger partial charge in [-0.15, -0.1) is 0 Å². The number of carbonyl (C=O) groups is 1. The summed E-state index contributed by atoms with van der Waals surface area (Å²) >= 11 is 0. The molecule has 2 aromatic heterocycles. The molecule has 98 valence electrons. The number of imidazole rings is 1. The van der Waals surface area contributed by atoms with Crippen LogP contribution in [0.25, 0.3) is 22.6 Å². The summed E-state index contributed by atoms with van der Waals surface area (Å²) in [6, 6.07) is 10.4. The Hall–Kier alpha value is -2.95. The van der Waals surface area contributed by atoms with Crippen LogP contribution in [0, 0.1) is 0 Å². The van der Waals surface area contributed by atoms with E-state index in [0.29, 0.717) is 5.82 Å². The number of nitrogens with one attached hydrogen (secondary N) is 1. The van der Waals surface area contributed by atoms with Crippen LogP contribution >= 0.6 is 0 Å². The van der Waals surface area contributed by atoms with Crippen LogP contribution < -0.4 is 0 Å². The van der Waals surface area contributed by atoms with Crippen LogP contribution in [0.5, 0.6) is 0 Å². The van der Waals surface area contributed by atoms with Crippen LogP contribution in [0.4, 0.5) is 0 Å². The second-order valence-electron chi connectivity index (χ2n) is 4.27. The van der Waals surface area contributed by atoms with Crippen molar-refractivity contribution in [1.82, 2.24) is 15.0 Å². The molecule has 0 amide bonds. The number of pyridine rings is 1. The number of aromatic carboxylic acids is 1. The number of carboxylic acid groups (broad SMARTS) is 1. The number of carboxylic acids is 1. The van der Waals surface area contributed by atoms with Crippen molar-refractivity contribution < 1.29 is 9.90 Å². The first kappa shape index (κ1) is 12.1. The fourth-order valence-corrected chi connectivity index (χ4v) is 1.91. The van der Waals surface area contributed by atoms with Crippen LogP contribution in [0.2, 0.25) is 0 Å². The molecule has 1 aromatic carbocycles. The van der Waals surface area contributed by atoms with E-state index < -0.39 is 5.97 Å². The molecule has 0 radical (unpaired) electrons. The third kappa shape index (κ3) is 2.29. The van der Waals surface area contributed by atoms with Crippen molar-refractivity contribution >= 4 is 5.97 Å². The number of aromatic amines is 1. The molecule has 2 N–H and O–H groups in total. The summed E-state index contributed by atoms with van der Waals surface area (Å²) in [6.45, 7) is 0. The van der Waals surface area contributed by atoms with Gasteiger partial charge in [0.2, 0.25) is 0 Å². The van der Waals surface area contributed by atoms with Gasteiger partial charge in [0, 0.05) is 23.5 Å². The Bertz CT molecular complexity index is 733. The zero-order valence-corrected chi connectivity index (χ0v) is 10.4. The lowest BCUT2D eigenvalue weighted by Crippen LogP contribution is -1.95. The maximum atomic E-state index is 10.8. The zero-order chi connectivity index (χ0) is 13.9. The number of aromatic nitrogens is 3. The van der Waals surface area contributed by atoms with Crippen molar-refractivity contribution in [2.45, 2.75) is 0 Å². The molecule has 3 rings (SSSR count). The first-order valence-corrected chi connectivity index (χ1v) is 6.03. The number of rotatable bonds is 3. The highest BCUT2D eigenvalue weighted by molar-refractivity contribution is 5.88. The van der Waals surface area contributed by atoms with Crippen molar-refractivity contribution in [3.05, 3.63) is 60.6 Å². The molecule has 20 heavy (non-hydrogen) atoms. The van der Waals surface area contributed by atoms with Crippen LogP contribution in [-0.2, 0) is 0 Å². The third-order valence-corrected chi connectivity index (χ3v) is 2.95. The summed E-state index contributed by atoms with van der Waals surface area (Å²) in [5.41, 5.74) is 2.92. The van der Waals surface area contributed by atoms with E-state index in [2.05, 4.69) is 15.0 Å². The Morgan fingerprint density at radius 2 is 1.85 bits per heavy atom. The van der Waals surface area contributed by atoms with E-state index in [1.165, 1.54) is 0 Å². The Morgan fingerprint density at radius 3 is 2.50 bits per heavy atom. The zero-order valence-electron chi connectivity index (χ0n) is 10.4. The van der Waals surface area contributed by atoms with Crippen LogP contribution in [0.15, 0.2) is 55.0 Å². The van der Waals surface area contributed by atoms with Gasteiger partial charge in [-0.1, -0.05) is 12.1 Å². The van der Waals surface area contributed by atoms with Crippen LogP contribution in [-0.4, -0.2) is 26.0 Å². The second-order valence-corrected chi connectivity index (χ2v) is 4.27. The average molecular weight is 265 g/mol. The number of H-pyrrole nitrogens is 1. The summed E-state index contributed by atoms with van der Waals surface area (Å²) < 4.78 is 0. The van der Waals surface area contributed by atoms with Crippen molar-refractivity contribution in [2.24, 2.45) is 0 Å². The highest BCUT2D eigenvalue weighted by Gasteiger charge is 2.07. The molecule has 0 unspecified atom stereocenters. The van der Waals surface area contributed by atoms with E-state index >= 15 is 0 Å². The monoisotopic (exact) mass is 265 g/mol. The minimum absolute atomic E-state index is 0.257. The second kappa shape index (κ2) is 4.97. The van der Waals surface area contributed by atoms with Gasteiger partial charge in [0.15, 0.2) is 0 Å². The number of nitrogens with zero attached hydrogens (tertiary/aromatic N) is 2. The van der Waals surface area contributed by atoms with Crippen molar-refractivity contribution in [3.8, 4) is 22.6 Å². The van der Waals surface area contributed by atoms with Crippen molar-refractivity contribution in [2.75, 3.05) is 0 Å². The van der Waals surface area contributed by atoms with Crippen LogP contribution in [0.1, 0.15) is 10.4 Å². The fourth-order valence-electron chi connectivity index (χ4n) is 1.91. The maximum absolute atomic E-state index is 10.8. The van der Waals surface area contributed by atoms with E-state index in [1.54, 1.807) is 42.9 Å². The lowest BCUT2D eigenvalue weighted by molar-refractivity contribution is 0.0697. The minimum atomic E-state index is -0.938. The van der Waals surface area contributed by atoms with E-state index in [-0.39, 0.29) is 5.56 Å². The van der Waals surface area contributed by atoms with Gasteiger partial charge in [-0.05, 0) is 24.3 Å². The Kier molecular flexibility index (Phi) is 3.01. The van der Waals surface area contributed by atoms with Gasteiger partial charge >= 0.3 is 5.97 Å². The normalized spacial score (nSPS) is 10.4. The van der Waals surface area contributed by atoms with Gasteiger partial charge in [-0.3, -0.25) is 4.98 Å². The maximum Gasteiger partial charge on any atom is 0.335 e. The van der Waals surface area contributed by atoms with Gasteiger partial charge in [-0.2, -0.15) is 0 Å². The number of benzene rings is 1. The largest absolute Gasteiger partial charge is 0.478 e. The van der Waals surface area contributed by atoms with Gasteiger partial charge in [0.1, 0.15) is 5.82 Å². The van der Waals surface area contributed by atoms with Gasteiger partial charge in [-0.25, -0.2) is 9.78 Å². The topological polar surface area (TPSA) is 78.9 Å². The van der Waals surface area contributed by atoms with E-state index in [0.717, 1.165) is 16.8 Å². The van der Waals surface area contributed by atoms with E-state index in [4.69, 9.17) is 5.11 Å².